The van der Waals surface area contributed by atoms with Gasteiger partial charge in [-0.05, 0) is 28.8 Å². The largest absolute Gasteiger partial charge is 0.507 e. The van der Waals surface area contributed by atoms with Crippen molar-refractivity contribution in [1.82, 2.24) is 9.55 Å². The quantitative estimate of drug-likeness (QED) is 0.341. The van der Waals surface area contributed by atoms with Gasteiger partial charge in [-0.25, -0.2) is 4.98 Å². The molecule has 30 heavy (non-hydrogen) atoms. The van der Waals surface area contributed by atoms with Crippen molar-refractivity contribution in [2.45, 2.75) is 18.6 Å². The topological polar surface area (TPSA) is 58.3 Å². The Morgan fingerprint density at radius 2 is 1.80 bits per heavy atom. The van der Waals surface area contributed by atoms with E-state index in [1.807, 2.05) is 79.3 Å². The zero-order valence-corrected chi connectivity index (χ0v) is 16.4. The van der Waals surface area contributed by atoms with Crippen LogP contribution >= 0.6 is 0 Å². The highest BCUT2D eigenvalue weighted by Crippen LogP contribution is 2.43. The van der Waals surface area contributed by atoms with Crippen LogP contribution in [0.15, 0.2) is 91.4 Å². The van der Waals surface area contributed by atoms with E-state index in [0.29, 0.717) is 6.42 Å². The Labute approximate surface area is 175 Å². The molecule has 5 rings (SSSR count). The van der Waals surface area contributed by atoms with Crippen molar-refractivity contribution in [2.24, 2.45) is 0 Å². The SMILES string of the molecule is O/C(=C\c1cccc(C(O)CC2c3ccccc3-c3cncn32)c1)c1ccccc1. The van der Waals surface area contributed by atoms with Crippen LogP contribution < -0.4 is 0 Å². The van der Waals surface area contributed by atoms with Crippen molar-refractivity contribution in [3.63, 3.8) is 0 Å². The first-order valence-corrected chi connectivity index (χ1v) is 10.1. The Hall–Kier alpha value is -3.63. The lowest BCUT2D eigenvalue weighted by Gasteiger charge is -2.19. The van der Waals surface area contributed by atoms with E-state index in [1.54, 1.807) is 6.08 Å². The number of hydrogen-bond acceptors (Lipinski definition) is 3. The molecule has 4 aromatic rings. The number of imidazole rings is 1. The van der Waals surface area contributed by atoms with E-state index in [1.165, 1.54) is 11.1 Å². The van der Waals surface area contributed by atoms with Gasteiger partial charge in [-0.3, -0.25) is 0 Å². The van der Waals surface area contributed by atoms with Crippen LogP contribution in [0, 0.1) is 0 Å². The van der Waals surface area contributed by atoms with Gasteiger partial charge >= 0.3 is 0 Å². The third-order valence-electron chi connectivity index (χ3n) is 5.71. The van der Waals surface area contributed by atoms with Gasteiger partial charge in [0.25, 0.3) is 0 Å². The number of benzene rings is 3. The van der Waals surface area contributed by atoms with E-state index in [0.717, 1.165) is 22.4 Å². The summed E-state index contributed by atoms with van der Waals surface area (Å²) in [5, 5.41) is 21.4. The van der Waals surface area contributed by atoms with Gasteiger partial charge in [0.2, 0.25) is 0 Å². The molecule has 2 heterocycles. The molecule has 2 unspecified atom stereocenters. The highest BCUT2D eigenvalue weighted by molar-refractivity contribution is 5.76. The Balaban J connectivity index is 1.40. The van der Waals surface area contributed by atoms with Crippen LogP contribution in [-0.2, 0) is 0 Å². The second-order valence-electron chi connectivity index (χ2n) is 7.61. The third-order valence-corrected chi connectivity index (χ3v) is 5.71. The third kappa shape index (κ3) is 3.31. The predicted molar refractivity (Wildman–Crippen MR) is 119 cm³/mol. The fourth-order valence-electron chi connectivity index (χ4n) is 4.23. The molecule has 0 saturated heterocycles. The molecule has 4 heteroatoms. The van der Waals surface area contributed by atoms with Gasteiger partial charge in [0.15, 0.2) is 0 Å². The van der Waals surface area contributed by atoms with Crippen LogP contribution in [0.5, 0.6) is 0 Å². The van der Waals surface area contributed by atoms with Gasteiger partial charge in [0.1, 0.15) is 5.76 Å². The van der Waals surface area contributed by atoms with E-state index in [-0.39, 0.29) is 11.8 Å². The molecule has 1 aromatic heterocycles. The number of aromatic nitrogens is 2. The van der Waals surface area contributed by atoms with Crippen molar-refractivity contribution < 1.29 is 10.2 Å². The molecule has 0 fully saturated rings. The van der Waals surface area contributed by atoms with E-state index in [2.05, 4.69) is 21.7 Å². The molecule has 0 spiro atoms. The second kappa shape index (κ2) is 7.65. The van der Waals surface area contributed by atoms with Crippen LogP contribution in [0.25, 0.3) is 23.1 Å². The Kier molecular flexibility index (Phi) is 4.69. The molecular formula is C26H22N2O2. The molecule has 148 valence electrons. The molecule has 0 aliphatic carbocycles. The summed E-state index contributed by atoms with van der Waals surface area (Å²) in [7, 11) is 0. The van der Waals surface area contributed by atoms with Crippen LogP contribution in [0.1, 0.15) is 40.8 Å². The van der Waals surface area contributed by atoms with Crippen molar-refractivity contribution >= 4 is 11.8 Å². The van der Waals surface area contributed by atoms with Crippen molar-refractivity contribution in [1.29, 1.82) is 0 Å². The van der Waals surface area contributed by atoms with Gasteiger partial charge in [0.05, 0.1) is 30.4 Å². The normalized spacial score (nSPS) is 16.2. The molecular weight excluding hydrogens is 372 g/mol. The van der Waals surface area contributed by atoms with E-state index < -0.39 is 6.10 Å². The van der Waals surface area contributed by atoms with Crippen LogP contribution in [0.4, 0.5) is 0 Å². The smallest absolute Gasteiger partial charge is 0.123 e. The second-order valence-corrected chi connectivity index (χ2v) is 7.61. The summed E-state index contributed by atoms with van der Waals surface area (Å²) in [6.45, 7) is 0. The van der Waals surface area contributed by atoms with Gasteiger partial charge in [-0.15, -0.1) is 0 Å². The average molecular weight is 394 g/mol. The van der Waals surface area contributed by atoms with Gasteiger partial charge in [-0.2, -0.15) is 0 Å². The fraction of sp³-hybridized carbons (Fsp3) is 0.115. The fourth-order valence-corrected chi connectivity index (χ4v) is 4.23. The van der Waals surface area contributed by atoms with Gasteiger partial charge < -0.3 is 14.8 Å². The Bertz CT molecular complexity index is 1210. The molecule has 2 N–H and O–H groups in total. The Morgan fingerprint density at radius 1 is 1.00 bits per heavy atom. The summed E-state index contributed by atoms with van der Waals surface area (Å²) in [5.41, 5.74) is 5.92. The standard InChI is InChI=1S/C26H22N2O2/c29-25(19-8-2-1-3-9-19)14-18-7-6-10-20(13-18)26(30)15-23-21-11-4-5-12-22(21)24-16-27-17-28(23)24/h1-14,16-17,23,26,29-30H,15H2/b25-14-. The summed E-state index contributed by atoms with van der Waals surface area (Å²) in [6.07, 6.45) is 5.36. The molecule has 0 amide bonds. The zero-order valence-electron chi connectivity index (χ0n) is 16.4. The predicted octanol–water partition coefficient (Wildman–Crippen LogP) is 5.63. The minimum atomic E-state index is -0.636. The number of aliphatic hydroxyl groups is 2. The maximum Gasteiger partial charge on any atom is 0.123 e. The van der Waals surface area contributed by atoms with E-state index in [4.69, 9.17) is 0 Å². The molecule has 0 radical (unpaired) electrons. The Morgan fingerprint density at radius 3 is 2.67 bits per heavy atom. The van der Waals surface area contributed by atoms with Crippen LogP contribution in [0.3, 0.4) is 0 Å². The first-order valence-electron chi connectivity index (χ1n) is 10.1. The molecule has 2 atom stereocenters. The first kappa shape index (κ1) is 18.4. The lowest BCUT2D eigenvalue weighted by molar-refractivity contribution is 0.153. The lowest BCUT2D eigenvalue weighted by atomic mass is 9.95. The van der Waals surface area contributed by atoms with Crippen LogP contribution in [0.2, 0.25) is 0 Å². The highest BCUT2D eigenvalue weighted by atomic mass is 16.3. The highest BCUT2D eigenvalue weighted by Gasteiger charge is 2.30. The number of aliphatic hydroxyl groups excluding tert-OH is 2. The number of nitrogens with zero attached hydrogens (tertiary/aromatic N) is 2. The van der Waals surface area contributed by atoms with E-state index in [9.17, 15) is 10.2 Å². The monoisotopic (exact) mass is 394 g/mol. The minimum absolute atomic E-state index is 0.0469. The van der Waals surface area contributed by atoms with Crippen molar-refractivity contribution in [2.75, 3.05) is 0 Å². The summed E-state index contributed by atoms with van der Waals surface area (Å²) in [4.78, 5) is 4.29. The average Bonchev–Trinajstić information content (AvgIpc) is 3.37. The molecule has 1 aliphatic rings. The summed E-state index contributed by atoms with van der Waals surface area (Å²) >= 11 is 0. The van der Waals surface area contributed by atoms with E-state index >= 15 is 0 Å². The number of hydrogen-bond donors (Lipinski definition) is 2. The summed E-state index contributed by atoms with van der Waals surface area (Å²) < 4.78 is 2.14. The molecule has 1 aliphatic heterocycles. The number of rotatable bonds is 5. The van der Waals surface area contributed by atoms with Crippen molar-refractivity contribution in [3.8, 4) is 11.3 Å². The molecule has 0 saturated carbocycles. The zero-order chi connectivity index (χ0) is 20.5. The summed E-state index contributed by atoms with van der Waals surface area (Å²) in [5.74, 6) is 0.204. The van der Waals surface area contributed by atoms with Crippen LogP contribution in [-0.4, -0.2) is 19.8 Å². The maximum atomic E-state index is 11.0. The summed E-state index contributed by atoms with van der Waals surface area (Å²) in [6, 6.07) is 25.5. The molecule has 0 bridgehead atoms. The van der Waals surface area contributed by atoms with Crippen molar-refractivity contribution in [3.05, 3.63) is 114 Å². The first-order chi connectivity index (χ1) is 14.7. The maximum absolute atomic E-state index is 11.0. The minimum Gasteiger partial charge on any atom is -0.507 e. The molecule has 4 nitrogen and oxygen atoms in total. The molecule has 3 aromatic carbocycles. The van der Waals surface area contributed by atoms with Gasteiger partial charge in [0, 0.05) is 17.5 Å². The lowest BCUT2D eigenvalue weighted by Crippen LogP contribution is -2.10. The van der Waals surface area contributed by atoms with Gasteiger partial charge in [-0.1, -0.05) is 72.8 Å². The number of fused-ring (bicyclic) bond motifs is 3.